The van der Waals surface area contributed by atoms with Crippen LogP contribution in [0.5, 0.6) is 0 Å². The van der Waals surface area contributed by atoms with E-state index in [-0.39, 0.29) is 29.5 Å². The van der Waals surface area contributed by atoms with Gasteiger partial charge in [-0.05, 0) is 50.4 Å². The van der Waals surface area contributed by atoms with Gasteiger partial charge in [0.15, 0.2) is 0 Å². The minimum atomic E-state index is -0.488. The Kier molecular flexibility index (Phi) is 6.02. The first kappa shape index (κ1) is 17.9. The second-order valence-corrected chi connectivity index (χ2v) is 7.01. The summed E-state index contributed by atoms with van der Waals surface area (Å²) < 4.78 is 14.0. The maximum Gasteiger partial charge on any atom is 0.241 e. The van der Waals surface area contributed by atoms with E-state index in [1.54, 1.807) is 0 Å². The van der Waals surface area contributed by atoms with Crippen molar-refractivity contribution in [3.05, 3.63) is 24.0 Å². The quantitative estimate of drug-likeness (QED) is 0.781. The summed E-state index contributed by atoms with van der Waals surface area (Å²) in [7, 11) is 0. The van der Waals surface area contributed by atoms with Crippen LogP contribution in [-0.2, 0) is 9.59 Å². The van der Waals surface area contributed by atoms with Gasteiger partial charge in [0, 0.05) is 11.6 Å². The van der Waals surface area contributed by atoms with Crippen LogP contribution in [0.1, 0.15) is 51.4 Å². The summed E-state index contributed by atoms with van der Waals surface area (Å²) in [5.74, 6) is -0.775. The molecule has 2 fully saturated rings. The molecule has 1 heterocycles. The monoisotopic (exact) mass is 347 g/mol. The number of anilines is 2. The Balaban J connectivity index is 1.63. The molecule has 5 nitrogen and oxygen atoms in total. The number of carbonyl (C=O) groups is 2. The molecular formula is C19H26FN3O2. The molecule has 3 rings (SSSR count). The van der Waals surface area contributed by atoms with Crippen LogP contribution in [0.2, 0.25) is 0 Å². The molecule has 0 bridgehead atoms. The number of nitrogens with one attached hydrogen (secondary N) is 3. The largest absolute Gasteiger partial charge is 0.325 e. The highest BCUT2D eigenvalue weighted by Gasteiger charge is 2.23. The number of rotatable bonds is 4. The fourth-order valence-electron chi connectivity index (χ4n) is 3.60. The lowest BCUT2D eigenvalue weighted by Crippen LogP contribution is -2.43. The van der Waals surface area contributed by atoms with Gasteiger partial charge in [0.1, 0.15) is 5.82 Å². The van der Waals surface area contributed by atoms with E-state index in [1.807, 2.05) is 0 Å². The van der Waals surface area contributed by atoms with Crippen LogP contribution in [0.4, 0.5) is 15.8 Å². The first-order valence-corrected chi connectivity index (χ1v) is 9.28. The molecule has 1 aliphatic carbocycles. The molecular weight excluding hydrogens is 321 g/mol. The minimum absolute atomic E-state index is 0.0437. The van der Waals surface area contributed by atoms with Gasteiger partial charge in [0.2, 0.25) is 11.8 Å². The molecule has 2 aliphatic rings. The Morgan fingerprint density at radius 1 is 0.960 bits per heavy atom. The van der Waals surface area contributed by atoms with Crippen molar-refractivity contribution in [3.8, 4) is 0 Å². The predicted molar refractivity (Wildman–Crippen MR) is 95.9 cm³/mol. The highest BCUT2D eigenvalue weighted by atomic mass is 19.1. The fourth-order valence-corrected chi connectivity index (χ4v) is 3.60. The molecule has 2 amide bonds. The number of halogens is 1. The molecule has 1 atom stereocenters. The molecule has 1 unspecified atom stereocenters. The SMILES string of the molecule is O=C(Nc1cc(NC(=O)C2CCCCN2)ccc1F)C1CCCCC1. The number of carbonyl (C=O) groups excluding carboxylic acids is 2. The van der Waals surface area contributed by atoms with Crippen LogP contribution >= 0.6 is 0 Å². The van der Waals surface area contributed by atoms with E-state index < -0.39 is 5.82 Å². The van der Waals surface area contributed by atoms with Gasteiger partial charge in [-0.25, -0.2) is 4.39 Å². The van der Waals surface area contributed by atoms with Crippen LogP contribution in [0.15, 0.2) is 18.2 Å². The molecule has 1 aliphatic heterocycles. The van der Waals surface area contributed by atoms with Crippen molar-refractivity contribution in [1.29, 1.82) is 0 Å². The summed E-state index contributed by atoms with van der Waals surface area (Å²) in [5.41, 5.74) is 0.627. The first-order valence-electron chi connectivity index (χ1n) is 9.28. The highest BCUT2D eigenvalue weighted by Crippen LogP contribution is 2.26. The van der Waals surface area contributed by atoms with E-state index >= 15 is 0 Å². The van der Waals surface area contributed by atoms with Gasteiger partial charge in [-0.15, -0.1) is 0 Å². The van der Waals surface area contributed by atoms with Crippen LogP contribution in [0.25, 0.3) is 0 Å². The van der Waals surface area contributed by atoms with Crippen molar-refractivity contribution in [2.24, 2.45) is 5.92 Å². The zero-order valence-corrected chi connectivity index (χ0v) is 14.4. The minimum Gasteiger partial charge on any atom is -0.325 e. The van der Waals surface area contributed by atoms with Gasteiger partial charge in [-0.2, -0.15) is 0 Å². The summed E-state index contributed by atoms with van der Waals surface area (Å²) in [6.45, 7) is 0.838. The molecule has 0 spiro atoms. The predicted octanol–water partition coefficient (Wildman–Crippen LogP) is 3.43. The van der Waals surface area contributed by atoms with Gasteiger partial charge in [0.05, 0.1) is 11.7 Å². The van der Waals surface area contributed by atoms with E-state index in [4.69, 9.17) is 0 Å². The normalized spacial score (nSPS) is 21.6. The van der Waals surface area contributed by atoms with Crippen molar-refractivity contribution < 1.29 is 14.0 Å². The van der Waals surface area contributed by atoms with Gasteiger partial charge in [-0.1, -0.05) is 25.7 Å². The van der Waals surface area contributed by atoms with Crippen molar-refractivity contribution >= 4 is 23.2 Å². The van der Waals surface area contributed by atoms with E-state index in [1.165, 1.54) is 18.2 Å². The van der Waals surface area contributed by atoms with Crippen LogP contribution < -0.4 is 16.0 Å². The molecule has 1 aromatic carbocycles. The van der Waals surface area contributed by atoms with Gasteiger partial charge < -0.3 is 16.0 Å². The smallest absolute Gasteiger partial charge is 0.241 e. The molecule has 1 saturated heterocycles. The van der Waals surface area contributed by atoms with Crippen LogP contribution in [0.3, 0.4) is 0 Å². The second-order valence-electron chi connectivity index (χ2n) is 7.01. The highest BCUT2D eigenvalue weighted by molar-refractivity contribution is 5.97. The summed E-state index contributed by atoms with van der Waals surface area (Å²) >= 11 is 0. The fraction of sp³-hybridized carbons (Fsp3) is 0.579. The number of hydrogen-bond donors (Lipinski definition) is 3. The average Bonchev–Trinajstić information content (AvgIpc) is 2.66. The van der Waals surface area contributed by atoms with E-state index in [2.05, 4.69) is 16.0 Å². The van der Waals surface area contributed by atoms with Crippen LogP contribution in [-0.4, -0.2) is 24.4 Å². The third kappa shape index (κ3) is 4.78. The Hall–Kier alpha value is -1.95. The Morgan fingerprint density at radius 3 is 2.44 bits per heavy atom. The topological polar surface area (TPSA) is 70.2 Å². The first-order chi connectivity index (χ1) is 12.1. The van der Waals surface area contributed by atoms with E-state index in [0.717, 1.165) is 57.9 Å². The van der Waals surface area contributed by atoms with E-state index in [9.17, 15) is 14.0 Å². The lowest BCUT2D eigenvalue weighted by Gasteiger charge is -2.23. The van der Waals surface area contributed by atoms with Gasteiger partial charge in [0.25, 0.3) is 0 Å². The Labute approximate surface area is 147 Å². The van der Waals surface area contributed by atoms with Crippen molar-refractivity contribution in [3.63, 3.8) is 0 Å². The molecule has 0 aromatic heterocycles. The average molecular weight is 347 g/mol. The summed E-state index contributed by atoms with van der Waals surface area (Å²) in [4.78, 5) is 24.6. The molecule has 1 saturated carbocycles. The molecule has 25 heavy (non-hydrogen) atoms. The lowest BCUT2D eigenvalue weighted by molar-refractivity contribution is -0.121. The number of amides is 2. The van der Waals surface area contributed by atoms with Crippen molar-refractivity contribution in [2.45, 2.75) is 57.4 Å². The van der Waals surface area contributed by atoms with E-state index in [0.29, 0.717) is 5.69 Å². The van der Waals surface area contributed by atoms with Gasteiger partial charge >= 0.3 is 0 Å². The van der Waals surface area contributed by atoms with Crippen LogP contribution in [0, 0.1) is 11.7 Å². The molecule has 3 N–H and O–H groups in total. The zero-order chi connectivity index (χ0) is 17.6. The molecule has 1 aromatic rings. The van der Waals surface area contributed by atoms with Crippen molar-refractivity contribution in [1.82, 2.24) is 5.32 Å². The number of benzene rings is 1. The zero-order valence-electron chi connectivity index (χ0n) is 14.4. The maximum absolute atomic E-state index is 14.0. The number of piperidine rings is 1. The second kappa shape index (κ2) is 8.43. The summed E-state index contributed by atoms with van der Waals surface area (Å²) in [5, 5.41) is 8.69. The Bertz CT molecular complexity index is 623. The molecule has 136 valence electrons. The molecule has 6 heteroatoms. The summed E-state index contributed by atoms with van der Waals surface area (Å²) in [6, 6.07) is 4.09. The maximum atomic E-state index is 14.0. The summed E-state index contributed by atoms with van der Waals surface area (Å²) in [6.07, 6.45) is 7.88. The third-order valence-electron chi connectivity index (χ3n) is 5.09. The molecule has 0 radical (unpaired) electrons. The third-order valence-corrected chi connectivity index (χ3v) is 5.09. The van der Waals surface area contributed by atoms with Gasteiger partial charge in [-0.3, -0.25) is 9.59 Å². The number of hydrogen-bond acceptors (Lipinski definition) is 3. The van der Waals surface area contributed by atoms with Crippen molar-refractivity contribution in [2.75, 3.05) is 17.2 Å². The standard InChI is InChI=1S/C19H26FN3O2/c20-15-10-9-14(22-19(25)16-8-4-5-11-21-16)12-17(15)23-18(24)13-6-2-1-3-7-13/h9-10,12-13,16,21H,1-8,11H2,(H,22,25)(H,23,24). The Morgan fingerprint density at radius 2 is 1.72 bits per heavy atom. The lowest BCUT2D eigenvalue weighted by atomic mass is 9.88.